The van der Waals surface area contributed by atoms with Crippen molar-refractivity contribution in [1.82, 2.24) is 9.78 Å². The summed E-state index contributed by atoms with van der Waals surface area (Å²) < 4.78 is 40.9. The zero-order valence-corrected chi connectivity index (χ0v) is 15.8. The summed E-state index contributed by atoms with van der Waals surface area (Å²) in [5.74, 6) is -1.83. The number of carbonyl (C=O) groups excluding carboxylic acids is 1. The first-order valence-corrected chi connectivity index (χ1v) is 8.73. The first-order chi connectivity index (χ1) is 12.6. The smallest absolute Gasteiger partial charge is 0.288 e. The predicted octanol–water partition coefficient (Wildman–Crippen LogP) is 3.91. The van der Waals surface area contributed by atoms with Crippen LogP contribution in [0.3, 0.4) is 0 Å². The number of fused-ring (bicyclic) bond motifs is 1. The fourth-order valence-electron chi connectivity index (χ4n) is 3.21. The minimum absolute atomic E-state index is 0.0838. The number of anilines is 1. The number of halogens is 4. The van der Waals surface area contributed by atoms with E-state index in [2.05, 4.69) is 5.10 Å². The molecule has 5 nitrogen and oxygen atoms in total. The maximum atomic E-state index is 13.2. The van der Waals surface area contributed by atoms with E-state index in [9.17, 15) is 18.0 Å². The van der Waals surface area contributed by atoms with Crippen molar-refractivity contribution in [2.24, 2.45) is 12.0 Å². The number of hydrogen-bond donors (Lipinski definition) is 0. The van der Waals surface area contributed by atoms with Crippen LogP contribution in [0.2, 0.25) is 5.02 Å². The molecule has 0 bridgehead atoms. The second-order valence-corrected chi connectivity index (χ2v) is 6.92. The predicted molar refractivity (Wildman–Crippen MR) is 97.5 cm³/mol. The number of rotatable bonds is 1. The van der Waals surface area contributed by atoms with Gasteiger partial charge in [-0.05, 0) is 32.4 Å². The van der Waals surface area contributed by atoms with Crippen LogP contribution in [-0.4, -0.2) is 40.2 Å². The van der Waals surface area contributed by atoms with Crippen LogP contribution < -0.4 is 4.90 Å². The average molecular weight is 399 g/mol. The first kappa shape index (κ1) is 19.4. The number of benzene rings is 1. The lowest BCUT2D eigenvalue weighted by atomic mass is 9.99. The molecule has 1 unspecified atom stereocenters. The van der Waals surface area contributed by atoms with Crippen LogP contribution >= 0.6 is 11.6 Å². The summed E-state index contributed by atoms with van der Waals surface area (Å²) in [7, 11) is 1.52. The Balaban J connectivity index is 2.26. The van der Waals surface area contributed by atoms with Gasteiger partial charge in [0.25, 0.3) is 0 Å². The molecule has 1 aromatic carbocycles. The van der Waals surface area contributed by atoms with Gasteiger partial charge < -0.3 is 0 Å². The maximum absolute atomic E-state index is 13.2. The molecule has 144 valence electrons. The number of aromatic nitrogens is 2. The molecule has 3 rings (SSSR count). The summed E-state index contributed by atoms with van der Waals surface area (Å²) in [5, 5.41) is 4.74. The van der Waals surface area contributed by atoms with Crippen molar-refractivity contribution in [2.75, 3.05) is 11.4 Å². The molecule has 0 saturated heterocycles. The van der Waals surface area contributed by atoms with Crippen molar-refractivity contribution in [3.63, 3.8) is 0 Å². The summed E-state index contributed by atoms with van der Waals surface area (Å²) in [6.45, 7) is 3.39. The van der Waals surface area contributed by atoms with Gasteiger partial charge in [-0.1, -0.05) is 23.7 Å². The highest BCUT2D eigenvalue weighted by Crippen LogP contribution is 2.33. The number of hydrogen-bond acceptors (Lipinski definition) is 3. The van der Waals surface area contributed by atoms with Gasteiger partial charge in [0.1, 0.15) is 5.82 Å². The molecule has 1 aliphatic heterocycles. The van der Waals surface area contributed by atoms with Crippen LogP contribution in [-0.2, 0) is 11.8 Å². The Morgan fingerprint density at radius 3 is 2.67 bits per heavy atom. The fraction of sp³-hybridized carbons (Fsp3) is 0.389. The van der Waals surface area contributed by atoms with E-state index in [0.29, 0.717) is 27.6 Å². The Labute approximate surface area is 159 Å². The van der Waals surface area contributed by atoms with Gasteiger partial charge in [-0.2, -0.15) is 18.3 Å². The minimum Gasteiger partial charge on any atom is -0.288 e. The van der Waals surface area contributed by atoms with Crippen LogP contribution in [0.15, 0.2) is 29.3 Å². The molecule has 0 saturated carbocycles. The molecule has 27 heavy (non-hydrogen) atoms. The molecular formula is C18H18ClF3N4O. The maximum Gasteiger partial charge on any atom is 0.471 e. The number of amides is 1. The third-order valence-electron chi connectivity index (χ3n) is 4.39. The minimum atomic E-state index is -4.98. The second-order valence-electron chi connectivity index (χ2n) is 6.49. The Morgan fingerprint density at radius 2 is 2.04 bits per heavy atom. The molecule has 9 heteroatoms. The normalized spacial score (nSPS) is 17.8. The van der Waals surface area contributed by atoms with Gasteiger partial charge in [0.05, 0.1) is 17.0 Å². The molecule has 1 aliphatic rings. The first-order valence-electron chi connectivity index (χ1n) is 8.36. The molecule has 1 atom stereocenters. The van der Waals surface area contributed by atoms with Crippen molar-refractivity contribution in [3.05, 3.63) is 46.1 Å². The summed E-state index contributed by atoms with van der Waals surface area (Å²) in [5.41, 5.74) is 2.03. The van der Waals surface area contributed by atoms with E-state index in [1.807, 2.05) is 0 Å². The molecule has 2 heterocycles. The highest BCUT2D eigenvalue weighted by molar-refractivity contribution is 6.31. The highest BCUT2D eigenvalue weighted by atomic mass is 35.5. The second kappa shape index (κ2) is 6.99. The van der Waals surface area contributed by atoms with Gasteiger partial charge in [-0.25, -0.2) is 0 Å². The van der Waals surface area contributed by atoms with Gasteiger partial charge in [-0.15, -0.1) is 0 Å². The van der Waals surface area contributed by atoms with Crippen molar-refractivity contribution in [3.8, 4) is 0 Å². The van der Waals surface area contributed by atoms with E-state index < -0.39 is 12.1 Å². The summed E-state index contributed by atoms with van der Waals surface area (Å²) in [6.07, 6.45) is -4.69. The van der Waals surface area contributed by atoms with E-state index in [-0.39, 0.29) is 24.8 Å². The number of nitrogens with zero attached hydrogens (tertiary/aromatic N) is 4. The molecule has 0 spiro atoms. The molecule has 1 aromatic heterocycles. The van der Waals surface area contributed by atoms with E-state index in [1.165, 1.54) is 11.7 Å². The standard InChI is InChI=1S/C18H18ClF3N4O/c1-10-7-8-26(17(27)18(20,21)22)16-14(11(2)24-25(16)3)15(23-10)12-5-4-6-13(19)9-12/h4-6,9-10H,7-8H2,1-3H3. The van der Waals surface area contributed by atoms with Gasteiger partial charge in [0.15, 0.2) is 0 Å². The van der Waals surface area contributed by atoms with Crippen LogP contribution in [0.1, 0.15) is 30.2 Å². The molecule has 0 aliphatic carbocycles. The molecule has 2 aromatic rings. The highest BCUT2D eigenvalue weighted by Gasteiger charge is 2.45. The Hall–Kier alpha value is -2.35. The third kappa shape index (κ3) is 3.71. The summed E-state index contributed by atoms with van der Waals surface area (Å²) in [4.78, 5) is 17.6. The van der Waals surface area contributed by atoms with E-state index >= 15 is 0 Å². The van der Waals surface area contributed by atoms with Gasteiger partial charge in [0, 0.05) is 30.2 Å². The topological polar surface area (TPSA) is 50.5 Å². The van der Waals surface area contributed by atoms with Gasteiger partial charge in [0.2, 0.25) is 0 Å². The van der Waals surface area contributed by atoms with E-state index in [4.69, 9.17) is 16.6 Å². The zero-order valence-electron chi connectivity index (χ0n) is 15.0. The van der Waals surface area contributed by atoms with Crippen LogP contribution in [0.25, 0.3) is 0 Å². The van der Waals surface area contributed by atoms with E-state index in [1.54, 1.807) is 38.1 Å². The number of alkyl halides is 3. The lowest BCUT2D eigenvalue weighted by molar-refractivity contribution is -0.170. The van der Waals surface area contributed by atoms with Crippen LogP contribution in [0.4, 0.5) is 19.0 Å². The molecular weight excluding hydrogens is 381 g/mol. The SMILES string of the molecule is Cc1nn(C)c2c1C(c1cccc(Cl)c1)=NC(C)CCN2C(=O)C(F)(F)F. The molecule has 0 N–H and O–H groups in total. The van der Waals surface area contributed by atoms with Crippen molar-refractivity contribution in [2.45, 2.75) is 32.5 Å². The number of aliphatic imine (C=N–C) groups is 1. The molecule has 1 amide bonds. The number of aryl methyl sites for hydroxylation is 2. The quantitative estimate of drug-likeness (QED) is 0.731. The van der Waals surface area contributed by atoms with E-state index in [0.717, 1.165) is 4.90 Å². The monoisotopic (exact) mass is 398 g/mol. The van der Waals surface area contributed by atoms with Crippen molar-refractivity contribution in [1.29, 1.82) is 0 Å². The van der Waals surface area contributed by atoms with Crippen LogP contribution in [0.5, 0.6) is 0 Å². The van der Waals surface area contributed by atoms with Crippen molar-refractivity contribution < 1.29 is 18.0 Å². The molecule has 0 radical (unpaired) electrons. The van der Waals surface area contributed by atoms with Crippen LogP contribution in [0, 0.1) is 6.92 Å². The number of carbonyl (C=O) groups is 1. The third-order valence-corrected chi connectivity index (χ3v) is 4.63. The molecule has 0 fully saturated rings. The summed E-state index contributed by atoms with van der Waals surface area (Å²) >= 11 is 6.10. The van der Waals surface area contributed by atoms with Gasteiger partial charge >= 0.3 is 12.1 Å². The van der Waals surface area contributed by atoms with Crippen molar-refractivity contribution >= 4 is 29.0 Å². The Morgan fingerprint density at radius 1 is 1.33 bits per heavy atom. The zero-order chi connectivity index (χ0) is 19.9. The largest absolute Gasteiger partial charge is 0.471 e. The summed E-state index contributed by atoms with van der Waals surface area (Å²) in [6, 6.07) is 6.64. The lowest BCUT2D eigenvalue weighted by Crippen LogP contribution is -2.44. The fourth-order valence-corrected chi connectivity index (χ4v) is 3.40. The van der Waals surface area contributed by atoms with Gasteiger partial charge in [-0.3, -0.25) is 19.4 Å². The Kier molecular flexibility index (Phi) is 5.03. The average Bonchev–Trinajstić information content (AvgIpc) is 2.84. The Bertz CT molecular complexity index is 920. The lowest BCUT2D eigenvalue weighted by Gasteiger charge is -2.28.